The first-order valence-electron chi connectivity index (χ1n) is 7.81. The zero-order chi connectivity index (χ0) is 15.5. The van der Waals surface area contributed by atoms with E-state index >= 15 is 0 Å². The highest BCUT2D eigenvalue weighted by Gasteiger charge is 2.41. The fraction of sp³-hybridized carbons (Fsp3) is 0.867. The monoisotopic (exact) mass is 296 g/mol. The molecular weight excluding hydrogens is 268 g/mol. The van der Waals surface area contributed by atoms with Gasteiger partial charge in [-0.2, -0.15) is 0 Å². The van der Waals surface area contributed by atoms with Crippen LogP contribution in [-0.4, -0.2) is 50.3 Å². The normalized spacial score (nSPS) is 28.6. The highest BCUT2D eigenvalue weighted by atomic mass is 16.5. The largest absolute Gasteiger partial charge is 0.373 e. The quantitative estimate of drug-likeness (QED) is 0.404. The van der Waals surface area contributed by atoms with Crippen molar-refractivity contribution >= 4 is 11.9 Å². The highest BCUT2D eigenvalue weighted by molar-refractivity contribution is 5.82. The highest BCUT2D eigenvalue weighted by Crippen LogP contribution is 2.34. The van der Waals surface area contributed by atoms with E-state index in [9.17, 15) is 4.79 Å². The SMILES string of the molecule is CN=C(NCCNC(=O)C(C)(C)C)NC1CC2CCC1O2. The smallest absolute Gasteiger partial charge is 0.225 e. The van der Waals surface area contributed by atoms with Gasteiger partial charge in [0.25, 0.3) is 0 Å². The van der Waals surface area contributed by atoms with Gasteiger partial charge < -0.3 is 20.7 Å². The van der Waals surface area contributed by atoms with Gasteiger partial charge in [0, 0.05) is 25.6 Å². The van der Waals surface area contributed by atoms with E-state index in [0.717, 1.165) is 18.8 Å². The first-order valence-corrected chi connectivity index (χ1v) is 7.81. The van der Waals surface area contributed by atoms with Crippen LogP contribution in [0.5, 0.6) is 0 Å². The van der Waals surface area contributed by atoms with Gasteiger partial charge in [-0.15, -0.1) is 0 Å². The Kier molecular flexibility index (Phi) is 5.08. The standard InChI is InChI=1S/C15H28N4O2/c1-15(2,3)13(20)17-7-8-18-14(16-4)19-11-9-10-5-6-12(11)21-10/h10-12H,5-9H2,1-4H3,(H,17,20)(H2,16,18,19). The predicted octanol–water partition coefficient (Wildman–Crippen LogP) is 0.634. The number of guanidine groups is 1. The van der Waals surface area contributed by atoms with Gasteiger partial charge >= 0.3 is 0 Å². The fourth-order valence-electron chi connectivity index (χ4n) is 2.78. The average molecular weight is 296 g/mol. The molecule has 3 unspecified atom stereocenters. The summed E-state index contributed by atoms with van der Waals surface area (Å²) in [5.41, 5.74) is -0.347. The van der Waals surface area contributed by atoms with Gasteiger partial charge in [0.1, 0.15) is 0 Å². The molecule has 120 valence electrons. The summed E-state index contributed by atoms with van der Waals surface area (Å²) in [6, 6.07) is 0.360. The molecule has 3 atom stereocenters. The van der Waals surface area contributed by atoms with Crippen molar-refractivity contribution in [3.63, 3.8) is 0 Å². The molecule has 6 nitrogen and oxygen atoms in total. The van der Waals surface area contributed by atoms with Crippen LogP contribution in [0.15, 0.2) is 4.99 Å². The van der Waals surface area contributed by atoms with Gasteiger partial charge in [0.15, 0.2) is 5.96 Å². The van der Waals surface area contributed by atoms with Crippen molar-refractivity contribution < 1.29 is 9.53 Å². The van der Waals surface area contributed by atoms with Crippen LogP contribution < -0.4 is 16.0 Å². The Hall–Kier alpha value is -1.30. The molecule has 1 amide bonds. The molecule has 0 spiro atoms. The summed E-state index contributed by atoms with van der Waals surface area (Å²) in [6.45, 7) is 6.97. The Labute approximate surface area is 127 Å². The number of fused-ring (bicyclic) bond motifs is 2. The van der Waals surface area contributed by atoms with Gasteiger partial charge in [-0.05, 0) is 19.3 Å². The number of ether oxygens (including phenoxy) is 1. The topological polar surface area (TPSA) is 74.8 Å². The number of nitrogens with zero attached hydrogens (tertiary/aromatic N) is 1. The molecule has 0 aliphatic carbocycles. The van der Waals surface area contributed by atoms with Crippen LogP contribution in [0, 0.1) is 5.41 Å². The van der Waals surface area contributed by atoms with E-state index in [1.165, 1.54) is 6.42 Å². The maximum Gasteiger partial charge on any atom is 0.225 e. The van der Waals surface area contributed by atoms with Crippen molar-refractivity contribution in [2.45, 2.75) is 58.3 Å². The molecule has 0 saturated carbocycles. The molecule has 2 heterocycles. The van der Waals surface area contributed by atoms with Crippen molar-refractivity contribution in [3.05, 3.63) is 0 Å². The van der Waals surface area contributed by atoms with E-state index in [2.05, 4.69) is 20.9 Å². The summed E-state index contributed by atoms with van der Waals surface area (Å²) < 4.78 is 5.82. The minimum Gasteiger partial charge on any atom is -0.373 e. The van der Waals surface area contributed by atoms with Crippen LogP contribution >= 0.6 is 0 Å². The van der Waals surface area contributed by atoms with Gasteiger partial charge in [-0.3, -0.25) is 9.79 Å². The molecule has 21 heavy (non-hydrogen) atoms. The fourth-order valence-corrected chi connectivity index (χ4v) is 2.78. The van der Waals surface area contributed by atoms with Gasteiger partial charge in [-0.1, -0.05) is 20.8 Å². The number of rotatable bonds is 4. The third-order valence-corrected chi connectivity index (χ3v) is 4.04. The van der Waals surface area contributed by atoms with Gasteiger partial charge in [0.2, 0.25) is 5.91 Å². The van der Waals surface area contributed by atoms with E-state index in [1.807, 2.05) is 20.8 Å². The maximum absolute atomic E-state index is 11.7. The summed E-state index contributed by atoms with van der Waals surface area (Å²) in [5, 5.41) is 9.56. The molecule has 2 fully saturated rings. The Morgan fingerprint density at radius 2 is 1.95 bits per heavy atom. The minimum atomic E-state index is -0.347. The van der Waals surface area contributed by atoms with Crippen LogP contribution in [-0.2, 0) is 9.53 Å². The summed E-state index contributed by atoms with van der Waals surface area (Å²) >= 11 is 0. The average Bonchev–Trinajstić information content (AvgIpc) is 3.03. The molecule has 2 aliphatic rings. The lowest BCUT2D eigenvalue weighted by Gasteiger charge is -2.23. The van der Waals surface area contributed by atoms with E-state index < -0.39 is 0 Å². The van der Waals surface area contributed by atoms with Crippen LogP contribution in [0.4, 0.5) is 0 Å². The number of carbonyl (C=O) groups excluding carboxylic acids is 1. The molecule has 2 aliphatic heterocycles. The molecule has 0 aromatic rings. The lowest BCUT2D eigenvalue weighted by molar-refractivity contribution is -0.128. The molecule has 0 aromatic heterocycles. The number of carbonyl (C=O) groups is 1. The molecule has 2 bridgehead atoms. The summed E-state index contributed by atoms with van der Waals surface area (Å²) in [4.78, 5) is 16.0. The number of hydrogen-bond acceptors (Lipinski definition) is 3. The van der Waals surface area contributed by atoms with E-state index in [0.29, 0.717) is 31.3 Å². The second kappa shape index (κ2) is 6.64. The second-order valence-corrected chi connectivity index (χ2v) is 6.87. The zero-order valence-corrected chi connectivity index (χ0v) is 13.5. The maximum atomic E-state index is 11.7. The predicted molar refractivity (Wildman–Crippen MR) is 83.3 cm³/mol. The van der Waals surface area contributed by atoms with Crippen LogP contribution in [0.1, 0.15) is 40.0 Å². The molecular formula is C15H28N4O2. The van der Waals surface area contributed by atoms with Crippen molar-refractivity contribution in [1.82, 2.24) is 16.0 Å². The Morgan fingerprint density at radius 3 is 2.48 bits per heavy atom. The first kappa shape index (κ1) is 16.1. The van der Waals surface area contributed by atoms with Crippen molar-refractivity contribution in [2.75, 3.05) is 20.1 Å². The molecule has 2 rings (SSSR count). The Balaban J connectivity index is 1.66. The molecule has 2 saturated heterocycles. The van der Waals surface area contributed by atoms with Gasteiger partial charge in [-0.25, -0.2) is 0 Å². The molecule has 6 heteroatoms. The lowest BCUT2D eigenvalue weighted by Crippen LogP contribution is -2.49. The zero-order valence-electron chi connectivity index (χ0n) is 13.5. The van der Waals surface area contributed by atoms with E-state index in [-0.39, 0.29) is 11.3 Å². The third kappa shape index (κ3) is 4.33. The number of aliphatic imine (C=N–C) groups is 1. The number of nitrogens with one attached hydrogen (secondary N) is 3. The Bertz CT molecular complexity index is 403. The van der Waals surface area contributed by atoms with Crippen LogP contribution in [0.3, 0.4) is 0 Å². The molecule has 0 radical (unpaired) electrons. The number of hydrogen-bond donors (Lipinski definition) is 3. The Morgan fingerprint density at radius 1 is 1.24 bits per heavy atom. The van der Waals surface area contributed by atoms with Crippen molar-refractivity contribution in [3.8, 4) is 0 Å². The first-order chi connectivity index (χ1) is 9.90. The molecule has 0 aromatic carbocycles. The lowest BCUT2D eigenvalue weighted by atomic mass is 9.96. The van der Waals surface area contributed by atoms with Crippen molar-refractivity contribution in [1.29, 1.82) is 0 Å². The van der Waals surface area contributed by atoms with Crippen molar-refractivity contribution in [2.24, 2.45) is 10.4 Å². The van der Waals surface area contributed by atoms with Crippen LogP contribution in [0.2, 0.25) is 0 Å². The van der Waals surface area contributed by atoms with Crippen LogP contribution in [0.25, 0.3) is 0 Å². The molecule has 3 N–H and O–H groups in total. The number of amides is 1. The summed E-state index contributed by atoms with van der Waals surface area (Å²) in [6.07, 6.45) is 4.15. The summed E-state index contributed by atoms with van der Waals surface area (Å²) in [5.74, 6) is 0.843. The summed E-state index contributed by atoms with van der Waals surface area (Å²) in [7, 11) is 1.76. The minimum absolute atomic E-state index is 0.0637. The van der Waals surface area contributed by atoms with Gasteiger partial charge in [0.05, 0.1) is 18.2 Å². The van der Waals surface area contributed by atoms with E-state index in [4.69, 9.17) is 4.74 Å². The third-order valence-electron chi connectivity index (χ3n) is 4.04. The second-order valence-electron chi connectivity index (χ2n) is 6.87. The van der Waals surface area contributed by atoms with E-state index in [1.54, 1.807) is 7.05 Å².